The molecule has 0 saturated carbocycles. The van der Waals surface area contributed by atoms with Gasteiger partial charge in [-0.1, -0.05) is 12.1 Å². The molecule has 1 saturated heterocycles. The fourth-order valence-electron chi connectivity index (χ4n) is 2.07. The van der Waals surface area contributed by atoms with Gasteiger partial charge < -0.3 is 16.0 Å². The van der Waals surface area contributed by atoms with Gasteiger partial charge in [0.25, 0.3) is 0 Å². The van der Waals surface area contributed by atoms with Crippen molar-refractivity contribution in [2.24, 2.45) is 0 Å². The number of nitrogens with zero attached hydrogens (tertiary/aromatic N) is 1. The van der Waals surface area contributed by atoms with E-state index in [9.17, 15) is 0 Å². The van der Waals surface area contributed by atoms with Gasteiger partial charge in [0.2, 0.25) is 0 Å². The Bertz CT molecular complexity index is 324. The number of nitrogens with one attached hydrogen (secondary N) is 1. The van der Waals surface area contributed by atoms with Gasteiger partial charge in [-0.05, 0) is 37.7 Å². The molecular formula is C12H19N3. The van der Waals surface area contributed by atoms with Gasteiger partial charge in [-0.3, -0.25) is 0 Å². The van der Waals surface area contributed by atoms with Crippen molar-refractivity contribution in [3.63, 3.8) is 0 Å². The lowest BCUT2D eigenvalue weighted by molar-refractivity contribution is 0.397. The number of likely N-dealkylation sites (tertiary alicyclic amines) is 1. The van der Waals surface area contributed by atoms with Crippen molar-refractivity contribution in [2.75, 3.05) is 25.9 Å². The number of nitrogens with two attached hydrogens (primary N) is 1. The molecule has 0 spiro atoms. The Balaban J connectivity index is 1.83. The lowest BCUT2D eigenvalue weighted by atomic mass is 10.2. The van der Waals surface area contributed by atoms with Crippen LogP contribution in [0.15, 0.2) is 24.3 Å². The summed E-state index contributed by atoms with van der Waals surface area (Å²) < 4.78 is 0. The van der Waals surface area contributed by atoms with Gasteiger partial charge in [0, 0.05) is 24.8 Å². The molecule has 1 unspecified atom stereocenters. The van der Waals surface area contributed by atoms with Crippen LogP contribution in [0.3, 0.4) is 0 Å². The third-order valence-corrected chi connectivity index (χ3v) is 2.94. The second kappa shape index (κ2) is 4.64. The van der Waals surface area contributed by atoms with Gasteiger partial charge in [-0.2, -0.15) is 0 Å². The third-order valence-electron chi connectivity index (χ3n) is 2.94. The van der Waals surface area contributed by atoms with Crippen molar-refractivity contribution in [3.05, 3.63) is 29.8 Å². The van der Waals surface area contributed by atoms with Gasteiger partial charge in [-0.25, -0.2) is 0 Å². The smallest absolute Gasteiger partial charge is 0.0317 e. The number of rotatable bonds is 3. The summed E-state index contributed by atoms with van der Waals surface area (Å²) in [5.74, 6) is 0. The van der Waals surface area contributed by atoms with E-state index in [1.54, 1.807) is 0 Å². The lowest BCUT2D eigenvalue weighted by Crippen LogP contribution is -2.30. The topological polar surface area (TPSA) is 41.3 Å². The summed E-state index contributed by atoms with van der Waals surface area (Å²) >= 11 is 0. The average Bonchev–Trinajstić information content (AvgIpc) is 2.62. The zero-order chi connectivity index (χ0) is 10.7. The minimum absolute atomic E-state index is 0.636. The molecule has 1 fully saturated rings. The Hall–Kier alpha value is -1.06. The number of likely N-dealkylation sites (N-methyl/N-ethyl adjacent to an activating group) is 1. The molecule has 1 aliphatic heterocycles. The molecule has 0 aliphatic carbocycles. The molecule has 0 bridgehead atoms. The third kappa shape index (κ3) is 2.94. The standard InChI is InChI=1S/C12H19N3/c1-15-6-5-12(9-15)14-8-10-3-2-4-11(13)7-10/h2-4,7,12,14H,5-6,8-9,13H2,1H3. The predicted molar refractivity (Wildman–Crippen MR) is 63.6 cm³/mol. The molecule has 82 valence electrons. The summed E-state index contributed by atoms with van der Waals surface area (Å²) in [7, 11) is 2.17. The zero-order valence-corrected chi connectivity index (χ0v) is 9.24. The minimum Gasteiger partial charge on any atom is -0.399 e. The molecule has 1 aromatic rings. The highest BCUT2D eigenvalue weighted by molar-refractivity contribution is 5.40. The molecule has 1 aromatic carbocycles. The van der Waals surface area contributed by atoms with Gasteiger partial charge in [0.05, 0.1) is 0 Å². The fraction of sp³-hybridized carbons (Fsp3) is 0.500. The van der Waals surface area contributed by atoms with Crippen LogP contribution in [0.4, 0.5) is 5.69 Å². The van der Waals surface area contributed by atoms with Crippen LogP contribution in [-0.2, 0) is 6.54 Å². The van der Waals surface area contributed by atoms with Crippen molar-refractivity contribution >= 4 is 5.69 Å². The average molecular weight is 205 g/mol. The largest absolute Gasteiger partial charge is 0.399 e. The highest BCUT2D eigenvalue weighted by atomic mass is 15.2. The summed E-state index contributed by atoms with van der Waals surface area (Å²) in [6.07, 6.45) is 1.25. The predicted octanol–water partition coefficient (Wildman–Crippen LogP) is 1.06. The quantitative estimate of drug-likeness (QED) is 0.725. The first-order chi connectivity index (χ1) is 7.24. The maximum Gasteiger partial charge on any atom is 0.0317 e. The number of benzene rings is 1. The minimum atomic E-state index is 0.636. The first-order valence-electron chi connectivity index (χ1n) is 5.50. The molecule has 3 nitrogen and oxygen atoms in total. The van der Waals surface area contributed by atoms with Gasteiger partial charge in [-0.15, -0.1) is 0 Å². The van der Waals surface area contributed by atoms with E-state index >= 15 is 0 Å². The maximum atomic E-state index is 5.73. The van der Waals surface area contributed by atoms with E-state index in [0.29, 0.717) is 6.04 Å². The Morgan fingerprint density at radius 1 is 1.53 bits per heavy atom. The number of anilines is 1. The first kappa shape index (κ1) is 10.5. The van der Waals surface area contributed by atoms with Gasteiger partial charge in [0.1, 0.15) is 0 Å². The fourth-order valence-corrected chi connectivity index (χ4v) is 2.07. The molecule has 3 heteroatoms. The van der Waals surface area contributed by atoms with Crippen LogP contribution in [0, 0.1) is 0 Å². The molecule has 0 amide bonds. The summed E-state index contributed by atoms with van der Waals surface area (Å²) in [4.78, 5) is 2.36. The van der Waals surface area contributed by atoms with Crippen molar-refractivity contribution in [1.82, 2.24) is 10.2 Å². The molecule has 3 N–H and O–H groups in total. The Kier molecular flexibility index (Phi) is 3.23. The van der Waals surface area contributed by atoms with E-state index in [4.69, 9.17) is 5.73 Å². The monoisotopic (exact) mass is 205 g/mol. The van der Waals surface area contributed by atoms with Crippen molar-refractivity contribution in [2.45, 2.75) is 19.0 Å². The molecule has 2 rings (SSSR count). The lowest BCUT2D eigenvalue weighted by Gasteiger charge is -2.12. The summed E-state index contributed by atoms with van der Waals surface area (Å²) in [6, 6.07) is 8.71. The second-order valence-corrected chi connectivity index (χ2v) is 4.37. The second-order valence-electron chi connectivity index (χ2n) is 4.37. The number of hydrogen-bond acceptors (Lipinski definition) is 3. The summed E-state index contributed by atoms with van der Waals surface area (Å²) in [6.45, 7) is 3.28. The van der Waals surface area contributed by atoms with Gasteiger partial charge in [0.15, 0.2) is 0 Å². The normalized spacial score (nSPS) is 22.1. The maximum absolute atomic E-state index is 5.73. The van der Waals surface area contributed by atoms with E-state index in [0.717, 1.165) is 18.8 Å². The van der Waals surface area contributed by atoms with Crippen molar-refractivity contribution in [1.29, 1.82) is 0 Å². The molecule has 0 radical (unpaired) electrons. The van der Waals surface area contributed by atoms with Crippen LogP contribution in [-0.4, -0.2) is 31.1 Å². The van der Waals surface area contributed by atoms with Crippen LogP contribution >= 0.6 is 0 Å². The van der Waals surface area contributed by atoms with E-state index in [1.165, 1.54) is 18.5 Å². The zero-order valence-electron chi connectivity index (χ0n) is 9.24. The van der Waals surface area contributed by atoms with E-state index in [2.05, 4.69) is 23.3 Å². The Labute approximate surface area is 91.3 Å². The Morgan fingerprint density at radius 3 is 3.07 bits per heavy atom. The molecule has 0 aromatic heterocycles. The van der Waals surface area contributed by atoms with E-state index < -0.39 is 0 Å². The van der Waals surface area contributed by atoms with Crippen LogP contribution in [0.2, 0.25) is 0 Å². The summed E-state index contributed by atoms with van der Waals surface area (Å²) in [5, 5.41) is 3.56. The summed E-state index contributed by atoms with van der Waals surface area (Å²) in [5.41, 5.74) is 7.84. The number of hydrogen-bond donors (Lipinski definition) is 2. The van der Waals surface area contributed by atoms with Crippen LogP contribution < -0.4 is 11.1 Å². The van der Waals surface area contributed by atoms with Crippen LogP contribution in [0.5, 0.6) is 0 Å². The highest BCUT2D eigenvalue weighted by Gasteiger charge is 2.18. The molecule has 1 aliphatic rings. The van der Waals surface area contributed by atoms with Crippen molar-refractivity contribution in [3.8, 4) is 0 Å². The molecule has 1 heterocycles. The van der Waals surface area contributed by atoms with E-state index in [-0.39, 0.29) is 0 Å². The van der Waals surface area contributed by atoms with Crippen LogP contribution in [0.1, 0.15) is 12.0 Å². The van der Waals surface area contributed by atoms with E-state index in [1.807, 2.05) is 18.2 Å². The molecule has 15 heavy (non-hydrogen) atoms. The Morgan fingerprint density at radius 2 is 2.40 bits per heavy atom. The molecular weight excluding hydrogens is 186 g/mol. The van der Waals surface area contributed by atoms with Gasteiger partial charge >= 0.3 is 0 Å². The van der Waals surface area contributed by atoms with Crippen molar-refractivity contribution < 1.29 is 0 Å². The first-order valence-corrected chi connectivity index (χ1v) is 5.50. The van der Waals surface area contributed by atoms with Crippen LogP contribution in [0.25, 0.3) is 0 Å². The molecule has 1 atom stereocenters. The number of nitrogen functional groups attached to an aromatic ring is 1. The highest BCUT2D eigenvalue weighted by Crippen LogP contribution is 2.09. The SMILES string of the molecule is CN1CCC(NCc2cccc(N)c2)C1.